The third-order valence-corrected chi connectivity index (χ3v) is 3.23. The minimum absolute atomic E-state index is 0.216. The molecule has 1 aliphatic rings. The summed E-state index contributed by atoms with van der Waals surface area (Å²) in [5.74, 6) is -1.13. The Bertz CT molecular complexity index is 433. The Morgan fingerprint density at radius 3 is 2.61 bits per heavy atom. The second-order valence-corrected chi connectivity index (χ2v) is 4.44. The number of aromatic nitrogens is 1. The molecule has 0 bridgehead atoms. The van der Waals surface area contributed by atoms with Crippen molar-refractivity contribution in [1.82, 2.24) is 9.88 Å². The molecule has 0 spiro atoms. The fourth-order valence-electron chi connectivity index (χ4n) is 2.27. The van der Waals surface area contributed by atoms with Crippen LogP contribution in [0.4, 0.5) is 0 Å². The van der Waals surface area contributed by atoms with E-state index in [1.54, 1.807) is 24.5 Å². The molecule has 1 aliphatic heterocycles. The molecular formula is C13H16N2O3. The standard InChI is InChI=1S/C13H16N2O3/c16-12(10-5-7-14-8-6-10)15-9-3-1-2-4-11(15)13(17)18/h5-8,11H,1-4,9H2,(H,17,18). The lowest BCUT2D eigenvalue weighted by molar-refractivity contribution is -0.142. The van der Waals surface area contributed by atoms with Crippen LogP contribution in [-0.4, -0.2) is 39.5 Å². The van der Waals surface area contributed by atoms with Gasteiger partial charge in [0.1, 0.15) is 6.04 Å². The lowest BCUT2D eigenvalue weighted by Gasteiger charge is -2.26. The first-order chi connectivity index (χ1) is 8.70. The number of hydrogen-bond donors (Lipinski definition) is 1. The largest absolute Gasteiger partial charge is 0.480 e. The second-order valence-electron chi connectivity index (χ2n) is 4.44. The molecule has 1 aromatic heterocycles. The van der Waals surface area contributed by atoms with E-state index in [1.807, 2.05) is 0 Å². The van der Waals surface area contributed by atoms with Crippen LogP contribution in [0.15, 0.2) is 24.5 Å². The van der Waals surface area contributed by atoms with Gasteiger partial charge in [0, 0.05) is 24.5 Å². The van der Waals surface area contributed by atoms with Crippen molar-refractivity contribution < 1.29 is 14.7 Å². The van der Waals surface area contributed by atoms with Crippen LogP contribution in [0.2, 0.25) is 0 Å². The quantitative estimate of drug-likeness (QED) is 0.862. The number of aliphatic carboxylic acids is 1. The highest BCUT2D eigenvalue weighted by Crippen LogP contribution is 2.19. The van der Waals surface area contributed by atoms with Crippen LogP contribution >= 0.6 is 0 Å². The van der Waals surface area contributed by atoms with Gasteiger partial charge in [0.2, 0.25) is 0 Å². The lowest BCUT2D eigenvalue weighted by atomic mass is 10.1. The molecule has 2 heterocycles. The molecule has 5 heteroatoms. The molecule has 5 nitrogen and oxygen atoms in total. The fourth-order valence-corrected chi connectivity index (χ4v) is 2.27. The van der Waals surface area contributed by atoms with E-state index >= 15 is 0 Å². The number of carboxylic acid groups (broad SMARTS) is 1. The Morgan fingerprint density at radius 2 is 1.94 bits per heavy atom. The minimum atomic E-state index is -0.917. The first-order valence-electron chi connectivity index (χ1n) is 6.14. The highest BCUT2D eigenvalue weighted by molar-refractivity contribution is 5.96. The molecule has 0 aromatic carbocycles. The number of nitrogens with zero attached hydrogens (tertiary/aromatic N) is 2. The van der Waals surface area contributed by atoms with E-state index in [4.69, 9.17) is 0 Å². The van der Waals surface area contributed by atoms with E-state index < -0.39 is 12.0 Å². The van der Waals surface area contributed by atoms with Crippen LogP contribution < -0.4 is 0 Å². The van der Waals surface area contributed by atoms with Crippen LogP contribution in [0.5, 0.6) is 0 Å². The molecule has 1 N–H and O–H groups in total. The first kappa shape index (κ1) is 12.5. The third-order valence-electron chi connectivity index (χ3n) is 3.23. The SMILES string of the molecule is O=C(O)C1CCCCCN1C(=O)c1ccncc1. The van der Waals surface area contributed by atoms with Gasteiger partial charge >= 0.3 is 5.97 Å². The fraction of sp³-hybridized carbons (Fsp3) is 0.462. The average Bonchev–Trinajstić information content (AvgIpc) is 2.64. The predicted octanol–water partition coefficient (Wildman–Crippen LogP) is 1.55. The van der Waals surface area contributed by atoms with Crippen LogP contribution in [0, 0.1) is 0 Å². The number of carboxylic acids is 1. The highest BCUT2D eigenvalue weighted by atomic mass is 16.4. The summed E-state index contributed by atoms with van der Waals surface area (Å²) in [6.07, 6.45) is 6.31. The van der Waals surface area contributed by atoms with E-state index in [0.29, 0.717) is 18.5 Å². The van der Waals surface area contributed by atoms with Crippen molar-refractivity contribution in [2.24, 2.45) is 0 Å². The van der Waals surface area contributed by atoms with Crippen molar-refractivity contribution in [3.8, 4) is 0 Å². The Hall–Kier alpha value is -1.91. The van der Waals surface area contributed by atoms with Gasteiger partial charge in [-0.2, -0.15) is 0 Å². The first-order valence-corrected chi connectivity index (χ1v) is 6.14. The Balaban J connectivity index is 2.22. The Morgan fingerprint density at radius 1 is 1.22 bits per heavy atom. The number of rotatable bonds is 2. The van der Waals surface area contributed by atoms with Crippen molar-refractivity contribution in [2.45, 2.75) is 31.7 Å². The number of likely N-dealkylation sites (tertiary alicyclic amines) is 1. The number of carbonyl (C=O) groups is 2. The van der Waals surface area contributed by atoms with Crippen LogP contribution in [0.3, 0.4) is 0 Å². The number of carbonyl (C=O) groups excluding carboxylic acids is 1. The summed E-state index contributed by atoms with van der Waals surface area (Å²) in [6.45, 7) is 0.512. The van der Waals surface area contributed by atoms with Crippen molar-refractivity contribution >= 4 is 11.9 Å². The zero-order chi connectivity index (χ0) is 13.0. The van der Waals surface area contributed by atoms with E-state index in [0.717, 1.165) is 19.3 Å². The van der Waals surface area contributed by atoms with Crippen molar-refractivity contribution in [3.05, 3.63) is 30.1 Å². The summed E-state index contributed by atoms with van der Waals surface area (Å²) in [4.78, 5) is 28.9. The normalized spacial score (nSPS) is 20.2. The Kier molecular flexibility index (Phi) is 3.92. The molecule has 0 radical (unpaired) electrons. The van der Waals surface area contributed by atoms with Gasteiger partial charge in [-0.15, -0.1) is 0 Å². The zero-order valence-electron chi connectivity index (χ0n) is 10.1. The predicted molar refractivity (Wildman–Crippen MR) is 65.2 cm³/mol. The topological polar surface area (TPSA) is 70.5 Å². The molecular weight excluding hydrogens is 232 g/mol. The lowest BCUT2D eigenvalue weighted by Crippen LogP contribution is -2.44. The van der Waals surface area contributed by atoms with Gasteiger partial charge in [-0.1, -0.05) is 12.8 Å². The summed E-state index contributed by atoms with van der Waals surface area (Å²) in [5.41, 5.74) is 0.498. The van der Waals surface area contributed by atoms with Crippen molar-refractivity contribution in [1.29, 1.82) is 0 Å². The number of amides is 1. The number of pyridine rings is 1. The maximum absolute atomic E-state index is 12.3. The maximum Gasteiger partial charge on any atom is 0.326 e. The summed E-state index contributed by atoms with van der Waals surface area (Å²) < 4.78 is 0. The van der Waals surface area contributed by atoms with Crippen LogP contribution in [0.25, 0.3) is 0 Å². The third kappa shape index (κ3) is 2.67. The highest BCUT2D eigenvalue weighted by Gasteiger charge is 2.31. The molecule has 1 saturated heterocycles. The summed E-state index contributed by atoms with van der Waals surface area (Å²) in [7, 11) is 0. The molecule has 18 heavy (non-hydrogen) atoms. The second kappa shape index (κ2) is 5.62. The van der Waals surface area contributed by atoms with E-state index in [9.17, 15) is 14.7 Å². The summed E-state index contributed by atoms with van der Waals surface area (Å²) in [5, 5.41) is 9.22. The van der Waals surface area contributed by atoms with E-state index in [2.05, 4.69) is 4.98 Å². The molecule has 1 unspecified atom stereocenters. The molecule has 0 saturated carbocycles. The van der Waals surface area contributed by atoms with Crippen molar-refractivity contribution in [3.63, 3.8) is 0 Å². The molecule has 2 rings (SSSR count). The molecule has 1 fully saturated rings. The van der Waals surface area contributed by atoms with Crippen LogP contribution in [-0.2, 0) is 4.79 Å². The molecule has 1 aromatic rings. The molecule has 1 amide bonds. The molecule has 96 valence electrons. The molecule has 0 aliphatic carbocycles. The van der Waals surface area contributed by atoms with Gasteiger partial charge in [-0.05, 0) is 25.0 Å². The van der Waals surface area contributed by atoms with Gasteiger partial charge in [-0.3, -0.25) is 9.78 Å². The molecule has 1 atom stereocenters. The summed E-state index contributed by atoms with van der Waals surface area (Å²) >= 11 is 0. The zero-order valence-corrected chi connectivity index (χ0v) is 10.1. The maximum atomic E-state index is 12.3. The van der Waals surface area contributed by atoms with Gasteiger partial charge < -0.3 is 10.0 Å². The van der Waals surface area contributed by atoms with Gasteiger partial charge in [0.05, 0.1) is 0 Å². The smallest absolute Gasteiger partial charge is 0.326 e. The van der Waals surface area contributed by atoms with Gasteiger partial charge in [0.25, 0.3) is 5.91 Å². The monoisotopic (exact) mass is 248 g/mol. The number of hydrogen-bond acceptors (Lipinski definition) is 3. The Labute approximate surface area is 105 Å². The van der Waals surface area contributed by atoms with E-state index in [-0.39, 0.29) is 5.91 Å². The van der Waals surface area contributed by atoms with E-state index in [1.165, 1.54) is 4.90 Å². The average molecular weight is 248 g/mol. The minimum Gasteiger partial charge on any atom is -0.480 e. The van der Waals surface area contributed by atoms with Gasteiger partial charge in [-0.25, -0.2) is 4.79 Å². The summed E-state index contributed by atoms with van der Waals surface area (Å²) in [6, 6.07) is 2.53. The van der Waals surface area contributed by atoms with Gasteiger partial charge in [0.15, 0.2) is 0 Å². The van der Waals surface area contributed by atoms with Crippen molar-refractivity contribution in [2.75, 3.05) is 6.54 Å². The van der Waals surface area contributed by atoms with Crippen LogP contribution in [0.1, 0.15) is 36.0 Å².